The fourth-order valence-corrected chi connectivity index (χ4v) is 4.75. The van der Waals surface area contributed by atoms with Crippen molar-refractivity contribution in [1.29, 1.82) is 0 Å². The number of anilines is 1. The van der Waals surface area contributed by atoms with Crippen LogP contribution in [0.1, 0.15) is 55.9 Å². The predicted molar refractivity (Wildman–Crippen MR) is 115 cm³/mol. The van der Waals surface area contributed by atoms with Crippen molar-refractivity contribution in [3.8, 4) is 10.6 Å². The van der Waals surface area contributed by atoms with Crippen LogP contribution in [-0.2, 0) is 11.2 Å². The molecule has 2 aromatic heterocycles. The van der Waals surface area contributed by atoms with E-state index in [1.807, 2.05) is 0 Å². The Morgan fingerprint density at radius 2 is 1.97 bits per heavy atom. The SMILES string of the molecule is C[C@H]1CCCN(c2ncc(-c3nc4c(s3)C(=O)N(C(=O)OC(C)(C)C)CC4)cn2)C1. The Morgan fingerprint density at radius 1 is 1.23 bits per heavy atom. The van der Waals surface area contributed by atoms with Gasteiger partial charge in [-0.2, -0.15) is 0 Å². The van der Waals surface area contributed by atoms with Gasteiger partial charge >= 0.3 is 6.09 Å². The van der Waals surface area contributed by atoms with Crippen molar-refractivity contribution in [2.24, 2.45) is 5.92 Å². The molecule has 2 aromatic rings. The highest BCUT2D eigenvalue weighted by molar-refractivity contribution is 7.17. The van der Waals surface area contributed by atoms with Crippen LogP contribution in [0, 0.1) is 5.92 Å². The molecule has 4 rings (SSSR count). The minimum absolute atomic E-state index is 0.270. The van der Waals surface area contributed by atoms with Crippen molar-refractivity contribution >= 4 is 29.3 Å². The Bertz CT molecular complexity index is 951. The maximum Gasteiger partial charge on any atom is 0.417 e. The number of ether oxygens (including phenoxy) is 1. The zero-order chi connectivity index (χ0) is 21.5. The maximum atomic E-state index is 12.8. The maximum absolute atomic E-state index is 12.8. The molecule has 2 amide bonds. The summed E-state index contributed by atoms with van der Waals surface area (Å²) in [5, 5.41) is 0.693. The molecular formula is C21H27N5O3S. The summed E-state index contributed by atoms with van der Waals surface area (Å²) < 4.78 is 5.36. The lowest BCUT2D eigenvalue weighted by Crippen LogP contribution is -2.44. The van der Waals surface area contributed by atoms with E-state index in [2.05, 4.69) is 26.8 Å². The molecule has 2 aliphatic rings. The topological polar surface area (TPSA) is 88.5 Å². The lowest BCUT2D eigenvalue weighted by atomic mass is 10.0. The summed E-state index contributed by atoms with van der Waals surface area (Å²) in [5.74, 6) is 1.03. The minimum atomic E-state index is -0.651. The molecule has 0 saturated carbocycles. The monoisotopic (exact) mass is 429 g/mol. The van der Waals surface area contributed by atoms with E-state index in [-0.39, 0.29) is 12.5 Å². The Hall–Kier alpha value is -2.55. The van der Waals surface area contributed by atoms with Gasteiger partial charge in [-0.1, -0.05) is 6.92 Å². The smallest absolute Gasteiger partial charge is 0.417 e. The first-order chi connectivity index (χ1) is 14.2. The summed E-state index contributed by atoms with van der Waals surface area (Å²) in [7, 11) is 0. The summed E-state index contributed by atoms with van der Waals surface area (Å²) in [6, 6.07) is 0. The van der Waals surface area contributed by atoms with Crippen molar-refractivity contribution in [2.45, 2.75) is 52.6 Å². The Morgan fingerprint density at radius 3 is 2.63 bits per heavy atom. The number of amides is 2. The molecule has 1 saturated heterocycles. The van der Waals surface area contributed by atoms with E-state index in [1.165, 1.54) is 17.8 Å². The third-order valence-corrected chi connectivity index (χ3v) is 6.28. The molecule has 1 fully saturated rings. The van der Waals surface area contributed by atoms with Crippen LogP contribution in [0.15, 0.2) is 12.4 Å². The number of carbonyl (C=O) groups is 2. The number of thiazole rings is 1. The van der Waals surface area contributed by atoms with Gasteiger partial charge in [-0.05, 0) is 39.5 Å². The van der Waals surface area contributed by atoms with E-state index in [0.29, 0.717) is 27.9 Å². The standard InChI is InChI=1S/C21H27N5O3S/c1-13-6-5-8-25(12-13)19-22-10-14(11-23-19)17-24-15-7-9-26(18(27)16(15)30-17)20(28)29-21(2,3)4/h10-11,13H,5-9,12H2,1-4H3/t13-/m0/s1. The molecule has 0 N–H and O–H groups in total. The van der Waals surface area contributed by atoms with Gasteiger partial charge in [-0.15, -0.1) is 11.3 Å². The van der Waals surface area contributed by atoms with E-state index in [4.69, 9.17) is 4.74 Å². The van der Waals surface area contributed by atoms with E-state index in [9.17, 15) is 9.59 Å². The Labute approximate surface area is 180 Å². The first kappa shape index (κ1) is 20.7. The summed E-state index contributed by atoms with van der Waals surface area (Å²) >= 11 is 1.27. The van der Waals surface area contributed by atoms with Gasteiger partial charge in [0.1, 0.15) is 15.5 Å². The zero-order valence-corrected chi connectivity index (χ0v) is 18.7. The van der Waals surface area contributed by atoms with E-state index in [1.54, 1.807) is 33.2 Å². The second-order valence-corrected chi connectivity index (χ2v) is 9.95. The van der Waals surface area contributed by atoms with Crippen LogP contribution < -0.4 is 4.90 Å². The minimum Gasteiger partial charge on any atom is -0.443 e. The number of nitrogens with zero attached hydrogens (tertiary/aromatic N) is 5. The average Bonchev–Trinajstić information content (AvgIpc) is 3.12. The van der Waals surface area contributed by atoms with Crippen molar-refractivity contribution in [3.05, 3.63) is 23.0 Å². The van der Waals surface area contributed by atoms with Gasteiger partial charge in [-0.25, -0.2) is 24.6 Å². The largest absolute Gasteiger partial charge is 0.443 e. The van der Waals surface area contributed by atoms with Gasteiger partial charge in [-0.3, -0.25) is 4.79 Å². The molecule has 0 aliphatic carbocycles. The normalized spacial score (nSPS) is 19.6. The summed E-state index contributed by atoms with van der Waals surface area (Å²) in [6.45, 7) is 9.81. The molecule has 2 aliphatic heterocycles. The summed E-state index contributed by atoms with van der Waals surface area (Å²) in [6.07, 6.45) is 5.83. The molecule has 30 heavy (non-hydrogen) atoms. The van der Waals surface area contributed by atoms with Crippen LogP contribution in [-0.4, -0.2) is 57.1 Å². The average molecular weight is 430 g/mol. The fraction of sp³-hybridized carbons (Fsp3) is 0.571. The van der Waals surface area contributed by atoms with Crippen molar-refractivity contribution in [2.75, 3.05) is 24.5 Å². The number of piperidine rings is 1. The molecular weight excluding hydrogens is 402 g/mol. The van der Waals surface area contributed by atoms with Crippen LogP contribution >= 0.6 is 11.3 Å². The summed E-state index contributed by atoms with van der Waals surface area (Å²) in [5.41, 5.74) is 0.843. The lowest BCUT2D eigenvalue weighted by molar-refractivity contribution is 0.0235. The highest BCUT2D eigenvalue weighted by Gasteiger charge is 2.35. The van der Waals surface area contributed by atoms with Crippen LogP contribution in [0.3, 0.4) is 0 Å². The van der Waals surface area contributed by atoms with Gasteiger partial charge < -0.3 is 9.64 Å². The first-order valence-electron chi connectivity index (χ1n) is 10.3. The molecule has 0 radical (unpaired) electrons. The number of aromatic nitrogens is 3. The number of fused-ring (bicyclic) bond motifs is 1. The van der Waals surface area contributed by atoms with Crippen LogP contribution in [0.25, 0.3) is 10.6 Å². The molecule has 0 bridgehead atoms. The number of carbonyl (C=O) groups excluding carboxylic acids is 2. The van der Waals surface area contributed by atoms with Gasteiger partial charge in [0, 0.05) is 44.0 Å². The molecule has 9 heteroatoms. The molecule has 0 aromatic carbocycles. The van der Waals surface area contributed by atoms with Crippen LogP contribution in [0.2, 0.25) is 0 Å². The third-order valence-electron chi connectivity index (χ3n) is 5.15. The molecule has 0 unspecified atom stereocenters. The summed E-state index contributed by atoms with van der Waals surface area (Å²) in [4.78, 5) is 42.7. The molecule has 4 heterocycles. The van der Waals surface area contributed by atoms with Crippen LogP contribution in [0.5, 0.6) is 0 Å². The van der Waals surface area contributed by atoms with E-state index in [0.717, 1.165) is 35.9 Å². The molecule has 1 atom stereocenters. The van der Waals surface area contributed by atoms with Crippen molar-refractivity contribution in [1.82, 2.24) is 19.9 Å². The molecule has 160 valence electrons. The number of imide groups is 1. The fourth-order valence-electron chi connectivity index (χ4n) is 3.71. The van der Waals surface area contributed by atoms with Crippen molar-refractivity contribution < 1.29 is 14.3 Å². The second kappa shape index (κ2) is 7.94. The van der Waals surface area contributed by atoms with E-state index >= 15 is 0 Å². The Balaban J connectivity index is 1.51. The van der Waals surface area contributed by atoms with Gasteiger partial charge in [0.25, 0.3) is 5.91 Å². The molecule has 0 spiro atoms. The van der Waals surface area contributed by atoms with Gasteiger partial charge in [0.2, 0.25) is 5.95 Å². The Kier molecular flexibility index (Phi) is 5.48. The molecule has 8 nitrogen and oxygen atoms in total. The zero-order valence-electron chi connectivity index (χ0n) is 17.8. The number of rotatable bonds is 2. The first-order valence-corrected chi connectivity index (χ1v) is 11.1. The number of hydrogen-bond acceptors (Lipinski definition) is 8. The predicted octanol–water partition coefficient (Wildman–Crippen LogP) is 3.77. The lowest BCUT2D eigenvalue weighted by Gasteiger charge is -2.30. The van der Waals surface area contributed by atoms with Gasteiger partial charge in [0.15, 0.2) is 0 Å². The number of hydrogen-bond donors (Lipinski definition) is 0. The highest BCUT2D eigenvalue weighted by Crippen LogP contribution is 2.32. The highest BCUT2D eigenvalue weighted by atomic mass is 32.1. The third kappa shape index (κ3) is 4.30. The van der Waals surface area contributed by atoms with E-state index < -0.39 is 11.7 Å². The van der Waals surface area contributed by atoms with Gasteiger partial charge in [0.05, 0.1) is 5.69 Å². The quantitative estimate of drug-likeness (QED) is 0.718. The second-order valence-electron chi connectivity index (χ2n) is 8.95. The van der Waals surface area contributed by atoms with Crippen molar-refractivity contribution in [3.63, 3.8) is 0 Å². The van der Waals surface area contributed by atoms with Crippen LogP contribution in [0.4, 0.5) is 10.7 Å².